The molecule has 0 aliphatic carbocycles. The van der Waals surface area contributed by atoms with E-state index in [2.05, 4.69) is 9.97 Å². The predicted octanol–water partition coefficient (Wildman–Crippen LogP) is 2.43. The maximum atomic E-state index is 12.7. The number of nitrogens with one attached hydrogen (secondary N) is 1. The van der Waals surface area contributed by atoms with Gasteiger partial charge in [0, 0.05) is 42.6 Å². The van der Waals surface area contributed by atoms with E-state index in [9.17, 15) is 9.90 Å². The zero-order valence-electron chi connectivity index (χ0n) is 13.7. The van der Waals surface area contributed by atoms with E-state index in [-0.39, 0.29) is 12.5 Å². The molecule has 0 saturated carbocycles. The molecule has 5 nitrogen and oxygen atoms in total. The van der Waals surface area contributed by atoms with Crippen molar-refractivity contribution in [3.63, 3.8) is 0 Å². The highest BCUT2D eigenvalue weighted by Crippen LogP contribution is 2.23. The van der Waals surface area contributed by atoms with Crippen LogP contribution in [0.5, 0.6) is 0 Å². The van der Waals surface area contributed by atoms with Crippen molar-refractivity contribution in [1.29, 1.82) is 0 Å². The van der Waals surface area contributed by atoms with Gasteiger partial charge in [0.1, 0.15) is 0 Å². The third kappa shape index (κ3) is 3.46. The Balaban J connectivity index is 1.80. The number of carbonyl (C=O) groups is 1. The largest absolute Gasteiger partial charge is 0.395 e. The van der Waals surface area contributed by atoms with Crippen LogP contribution < -0.4 is 0 Å². The minimum Gasteiger partial charge on any atom is -0.395 e. The molecule has 0 unspecified atom stereocenters. The summed E-state index contributed by atoms with van der Waals surface area (Å²) in [4.78, 5) is 21.7. The number of benzene rings is 1. The zero-order valence-corrected chi connectivity index (χ0v) is 13.7. The lowest BCUT2D eigenvalue weighted by atomic mass is 10.0. The summed E-state index contributed by atoms with van der Waals surface area (Å²) in [5.41, 5.74) is 4.13. The Morgan fingerprint density at radius 3 is 2.92 bits per heavy atom. The van der Waals surface area contributed by atoms with Crippen LogP contribution in [0.4, 0.5) is 0 Å². The van der Waals surface area contributed by atoms with Crippen molar-refractivity contribution in [3.8, 4) is 0 Å². The van der Waals surface area contributed by atoms with Crippen molar-refractivity contribution in [2.75, 3.05) is 13.2 Å². The first kappa shape index (κ1) is 16.2. The molecule has 0 atom stereocenters. The van der Waals surface area contributed by atoms with Gasteiger partial charge in [0.15, 0.2) is 0 Å². The number of aliphatic hydroxyl groups is 1. The molecule has 0 spiro atoms. The molecule has 0 aliphatic heterocycles. The molecule has 5 heteroatoms. The number of carbonyl (C=O) groups excluding carboxylic acids is 1. The summed E-state index contributed by atoms with van der Waals surface area (Å²) >= 11 is 0. The van der Waals surface area contributed by atoms with Crippen LogP contribution in [0, 0.1) is 6.92 Å². The Kier molecular flexibility index (Phi) is 4.91. The maximum absolute atomic E-state index is 12.7. The van der Waals surface area contributed by atoms with E-state index in [4.69, 9.17) is 0 Å². The highest BCUT2D eigenvalue weighted by Gasteiger charge is 2.17. The van der Waals surface area contributed by atoms with E-state index in [0.29, 0.717) is 19.5 Å². The quantitative estimate of drug-likeness (QED) is 0.732. The number of hydrogen-bond acceptors (Lipinski definition) is 3. The van der Waals surface area contributed by atoms with Gasteiger partial charge in [-0.25, -0.2) is 0 Å². The van der Waals surface area contributed by atoms with E-state index >= 15 is 0 Å². The highest BCUT2D eigenvalue weighted by atomic mass is 16.3. The number of aromatic nitrogens is 2. The number of amides is 1. The smallest absolute Gasteiger partial charge is 0.227 e. The molecular weight excluding hydrogens is 302 g/mol. The van der Waals surface area contributed by atoms with E-state index in [0.717, 1.165) is 27.6 Å². The second-order valence-electron chi connectivity index (χ2n) is 5.89. The number of rotatable bonds is 6. The van der Waals surface area contributed by atoms with Crippen LogP contribution in [0.25, 0.3) is 10.9 Å². The van der Waals surface area contributed by atoms with Gasteiger partial charge >= 0.3 is 0 Å². The molecule has 0 bridgehead atoms. The first-order chi connectivity index (χ1) is 11.7. The standard InChI is InChI=1S/C19H21N3O2/c1-14-4-2-6-17-19(14)16(12-21-17)10-18(24)22(8-9-23)13-15-5-3-7-20-11-15/h2-7,11-12,21,23H,8-10,13H2,1H3. The van der Waals surface area contributed by atoms with Crippen molar-refractivity contribution < 1.29 is 9.90 Å². The maximum Gasteiger partial charge on any atom is 0.227 e. The molecule has 24 heavy (non-hydrogen) atoms. The number of H-pyrrole nitrogens is 1. The van der Waals surface area contributed by atoms with Gasteiger partial charge in [0.05, 0.1) is 13.0 Å². The molecule has 2 heterocycles. The average molecular weight is 323 g/mol. The van der Waals surface area contributed by atoms with E-state index in [1.54, 1.807) is 17.3 Å². The third-order valence-corrected chi connectivity index (χ3v) is 4.16. The van der Waals surface area contributed by atoms with Gasteiger partial charge in [0.25, 0.3) is 0 Å². The molecule has 0 aliphatic rings. The first-order valence-corrected chi connectivity index (χ1v) is 8.02. The predicted molar refractivity (Wildman–Crippen MR) is 93.5 cm³/mol. The second-order valence-corrected chi connectivity index (χ2v) is 5.89. The van der Waals surface area contributed by atoms with Gasteiger partial charge < -0.3 is 15.0 Å². The summed E-state index contributed by atoms with van der Waals surface area (Å²) in [5, 5.41) is 10.4. The molecule has 0 radical (unpaired) electrons. The SMILES string of the molecule is Cc1cccc2[nH]cc(CC(=O)N(CCO)Cc3cccnc3)c12. The van der Waals surface area contributed by atoms with Crippen LogP contribution >= 0.6 is 0 Å². The molecule has 2 aromatic heterocycles. The summed E-state index contributed by atoms with van der Waals surface area (Å²) < 4.78 is 0. The van der Waals surface area contributed by atoms with Gasteiger partial charge in [0.2, 0.25) is 5.91 Å². The first-order valence-electron chi connectivity index (χ1n) is 8.02. The lowest BCUT2D eigenvalue weighted by molar-refractivity contribution is -0.131. The van der Waals surface area contributed by atoms with Gasteiger partial charge in [-0.3, -0.25) is 9.78 Å². The summed E-state index contributed by atoms with van der Waals surface area (Å²) in [6.07, 6.45) is 5.66. The van der Waals surface area contributed by atoms with Gasteiger partial charge in [-0.05, 0) is 35.7 Å². The van der Waals surface area contributed by atoms with Crippen LogP contribution in [-0.4, -0.2) is 39.0 Å². The Bertz CT molecular complexity index is 827. The van der Waals surface area contributed by atoms with Gasteiger partial charge in [-0.15, -0.1) is 0 Å². The van der Waals surface area contributed by atoms with Crippen LogP contribution in [0.1, 0.15) is 16.7 Å². The fraction of sp³-hybridized carbons (Fsp3) is 0.263. The summed E-state index contributed by atoms with van der Waals surface area (Å²) in [5.74, 6) is -0.00273. The van der Waals surface area contributed by atoms with Crippen molar-refractivity contribution in [3.05, 3.63) is 65.6 Å². The second kappa shape index (κ2) is 7.27. The van der Waals surface area contributed by atoms with E-state index in [1.807, 2.05) is 43.5 Å². The summed E-state index contributed by atoms with van der Waals surface area (Å²) in [6.45, 7) is 2.76. The van der Waals surface area contributed by atoms with Crippen LogP contribution in [0.2, 0.25) is 0 Å². The third-order valence-electron chi connectivity index (χ3n) is 4.16. The minimum absolute atomic E-state index is 0.00273. The molecule has 0 fully saturated rings. The van der Waals surface area contributed by atoms with E-state index < -0.39 is 0 Å². The monoisotopic (exact) mass is 323 g/mol. The molecule has 3 rings (SSSR count). The topological polar surface area (TPSA) is 69.2 Å². The van der Waals surface area contributed by atoms with Gasteiger partial charge in [-0.1, -0.05) is 18.2 Å². The number of nitrogens with zero attached hydrogens (tertiary/aromatic N) is 2. The molecule has 124 valence electrons. The Morgan fingerprint density at radius 2 is 2.17 bits per heavy atom. The van der Waals surface area contributed by atoms with Crippen molar-refractivity contribution in [1.82, 2.24) is 14.9 Å². The molecule has 1 amide bonds. The Hall–Kier alpha value is -2.66. The lowest BCUT2D eigenvalue weighted by Gasteiger charge is -2.21. The average Bonchev–Trinajstić information content (AvgIpc) is 3.00. The number of aryl methyl sites for hydroxylation is 1. The minimum atomic E-state index is -0.0566. The summed E-state index contributed by atoms with van der Waals surface area (Å²) in [6, 6.07) is 9.84. The fourth-order valence-corrected chi connectivity index (χ4v) is 2.99. The lowest BCUT2D eigenvalue weighted by Crippen LogP contribution is -2.34. The zero-order chi connectivity index (χ0) is 16.9. The molecule has 1 aromatic carbocycles. The van der Waals surface area contributed by atoms with Crippen molar-refractivity contribution in [2.45, 2.75) is 19.9 Å². The molecule has 3 aromatic rings. The number of aliphatic hydroxyl groups excluding tert-OH is 1. The van der Waals surface area contributed by atoms with Crippen LogP contribution in [-0.2, 0) is 17.8 Å². The van der Waals surface area contributed by atoms with Crippen molar-refractivity contribution in [2.24, 2.45) is 0 Å². The molecule has 2 N–H and O–H groups in total. The Morgan fingerprint density at radius 1 is 1.29 bits per heavy atom. The number of aromatic amines is 1. The van der Waals surface area contributed by atoms with Crippen LogP contribution in [0.15, 0.2) is 48.9 Å². The van der Waals surface area contributed by atoms with Crippen LogP contribution in [0.3, 0.4) is 0 Å². The fourth-order valence-electron chi connectivity index (χ4n) is 2.99. The molecular formula is C19H21N3O2. The number of pyridine rings is 1. The van der Waals surface area contributed by atoms with Gasteiger partial charge in [-0.2, -0.15) is 0 Å². The molecule has 0 saturated heterocycles. The summed E-state index contributed by atoms with van der Waals surface area (Å²) in [7, 11) is 0. The highest BCUT2D eigenvalue weighted by molar-refractivity contribution is 5.91. The number of hydrogen-bond donors (Lipinski definition) is 2. The van der Waals surface area contributed by atoms with Crippen molar-refractivity contribution >= 4 is 16.8 Å². The van der Waals surface area contributed by atoms with E-state index in [1.165, 1.54) is 0 Å². The Labute approximate surface area is 141 Å². The normalized spacial score (nSPS) is 10.9. The number of fused-ring (bicyclic) bond motifs is 1.